The second-order valence-corrected chi connectivity index (χ2v) is 6.20. The van der Waals surface area contributed by atoms with Crippen LogP contribution in [0.1, 0.15) is 37.7 Å². The van der Waals surface area contributed by atoms with Crippen molar-refractivity contribution in [1.82, 2.24) is 10.3 Å². The lowest BCUT2D eigenvalue weighted by Crippen LogP contribution is -2.38. The summed E-state index contributed by atoms with van der Waals surface area (Å²) in [6, 6.07) is 3.25. The lowest BCUT2D eigenvalue weighted by molar-refractivity contribution is 0.376. The van der Waals surface area contributed by atoms with Crippen LogP contribution < -0.4 is 10.6 Å². The maximum Gasteiger partial charge on any atom is 0.152 e. The van der Waals surface area contributed by atoms with Crippen molar-refractivity contribution >= 4 is 17.3 Å². The summed E-state index contributed by atoms with van der Waals surface area (Å²) in [5.41, 5.74) is 2.21. The van der Waals surface area contributed by atoms with Crippen LogP contribution in [-0.2, 0) is 0 Å². The van der Waals surface area contributed by atoms with Gasteiger partial charge in [0.1, 0.15) is 0 Å². The topological polar surface area (TPSA) is 37.0 Å². The van der Waals surface area contributed by atoms with Crippen molar-refractivity contribution in [2.75, 3.05) is 11.9 Å². The number of hydrogen-bond acceptors (Lipinski definition) is 3. The molecule has 0 aromatic carbocycles. The van der Waals surface area contributed by atoms with E-state index in [1.807, 2.05) is 6.07 Å². The van der Waals surface area contributed by atoms with Gasteiger partial charge in [0.2, 0.25) is 0 Å². The third kappa shape index (κ3) is 2.72. The minimum absolute atomic E-state index is 0.538. The Bertz CT molecular complexity index is 423. The average Bonchev–Trinajstić information content (AvgIpc) is 3.04. The van der Waals surface area contributed by atoms with Gasteiger partial charge in [-0.05, 0) is 56.7 Å². The predicted octanol–water partition coefficient (Wildman–Crippen LogP) is 3.38. The second-order valence-electron chi connectivity index (χ2n) is 5.84. The van der Waals surface area contributed by atoms with E-state index in [2.05, 4.69) is 22.5 Å². The van der Waals surface area contributed by atoms with E-state index in [0.717, 1.165) is 11.6 Å². The maximum absolute atomic E-state index is 6.23. The van der Waals surface area contributed by atoms with E-state index in [0.29, 0.717) is 17.2 Å². The first-order valence-corrected chi connectivity index (χ1v) is 7.74. The van der Waals surface area contributed by atoms with Gasteiger partial charge in [-0.3, -0.25) is 0 Å². The molecular weight excluding hydrogens is 258 g/mol. The summed E-state index contributed by atoms with van der Waals surface area (Å²) in [6.45, 7) is 3.27. The smallest absolute Gasteiger partial charge is 0.152 e. The van der Waals surface area contributed by atoms with Crippen LogP contribution >= 0.6 is 11.6 Å². The molecule has 3 nitrogen and oxygen atoms in total. The van der Waals surface area contributed by atoms with Gasteiger partial charge in [0.05, 0.1) is 5.69 Å². The monoisotopic (exact) mass is 279 g/mol. The Hall–Kier alpha value is -0.800. The molecule has 3 atom stereocenters. The zero-order valence-electron chi connectivity index (χ0n) is 11.5. The molecule has 2 N–H and O–H groups in total. The number of pyridine rings is 1. The molecule has 19 heavy (non-hydrogen) atoms. The molecule has 3 rings (SSSR count). The summed E-state index contributed by atoms with van der Waals surface area (Å²) in [5, 5.41) is 7.93. The first-order valence-electron chi connectivity index (χ1n) is 7.37. The van der Waals surface area contributed by atoms with Gasteiger partial charge in [0, 0.05) is 18.3 Å². The molecule has 3 unspecified atom stereocenters. The minimum Gasteiger partial charge on any atom is -0.379 e. The Morgan fingerprint density at radius 2 is 2.21 bits per heavy atom. The fourth-order valence-corrected chi connectivity index (χ4v) is 3.87. The highest BCUT2D eigenvalue weighted by Crippen LogP contribution is 2.35. The van der Waals surface area contributed by atoms with Gasteiger partial charge >= 0.3 is 0 Å². The molecule has 1 aromatic heterocycles. The van der Waals surface area contributed by atoms with Crippen molar-refractivity contribution in [3.8, 4) is 0 Å². The fraction of sp³-hybridized carbons (Fsp3) is 0.667. The highest BCUT2D eigenvalue weighted by molar-refractivity contribution is 6.32. The van der Waals surface area contributed by atoms with Gasteiger partial charge in [-0.1, -0.05) is 18.0 Å². The van der Waals surface area contributed by atoms with Crippen molar-refractivity contribution in [3.63, 3.8) is 0 Å². The third-order valence-electron chi connectivity index (χ3n) is 4.63. The second kappa shape index (κ2) is 5.68. The molecule has 2 heterocycles. The van der Waals surface area contributed by atoms with Gasteiger partial charge < -0.3 is 10.6 Å². The number of nitrogens with one attached hydrogen (secondary N) is 2. The van der Waals surface area contributed by atoms with Crippen LogP contribution in [0.5, 0.6) is 0 Å². The average molecular weight is 280 g/mol. The molecule has 1 aromatic rings. The zero-order valence-corrected chi connectivity index (χ0v) is 12.2. The predicted molar refractivity (Wildman–Crippen MR) is 79.8 cm³/mol. The van der Waals surface area contributed by atoms with Crippen molar-refractivity contribution < 1.29 is 0 Å². The lowest BCUT2D eigenvalue weighted by Gasteiger charge is -2.28. The summed E-state index contributed by atoms with van der Waals surface area (Å²) < 4.78 is 0. The summed E-state index contributed by atoms with van der Waals surface area (Å²) in [6.07, 6.45) is 8.30. The van der Waals surface area contributed by atoms with Crippen molar-refractivity contribution in [2.24, 2.45) is 5.92 Å². The number of rotatable bonds is 3. The van der Waals surface area contributed by atoms with Gasteiger partial charge in [-0.25, -0.2) is 4.98 Å². The number of aromatic nitrogens is 1. The van der Waals surface area contributed by atoms with E-state index < -0.39 is 0 Å². The molecule has 0 radical (unpaired) electrons. The number of hydrogen-bond donors (Lipinski definition) is 2. The summed E-state index contributed by atoms with van der Waals surface area (Å²) in [7, 11) is 0. The molecule has 0 spiro atoms. The van der Waals surface area contributed by atoms with Gasteiger partial charge in [0.15, 0.2) is 5.15 Å². The molecule has 1 aliphatic carbocycles. The minimum atomic E-state index is 0.538. The standard InChI is InChI=1S/C15H22ClN3/c1-10-7-9-18-15(16)14(10)19-13-5-2-4-11(13)12-6-3-8-17-12/h7,9,11-13,17,19H,2-6,8H2,1H3. The Morgan fingerprint density at radius 1 is 1.32 bits per heavy atom. The molecule has 2 aliphatic rings. The van der Waals surface area contributed by atoms with Gasteiger partial charge in [-0.2, -0.15) is 0 Å². The Labute approximate surface area is 120 Å². The fourth-order valence-electron chi connectivity index (χ4n) is 3.61. The number of anilines is 1. The van der Waals surface area contributed by atoms with E-state index in [4.69, 9.17) is 11.6 Å². The molecule has 0 bridgehead atoms. The summed E-state index contributed by atoms with van der Waals surface area (Å²) >= 11 is 6.23. The van der Waals surface area contributed by atoms with E-state index in [-0.39, 0.29) is 0 Å². The highest BCUT2D eigenvalue weighted by Gasteiger charge is 2.35. The quantitative estimate of drug-likeness (QED) is 0.833. The van der Waals surface area contributed by atoms with E-state index in [9.17, 15) is 0 Å². The summed E-state index contributed by atoms with van der Waals surface area (Å²) in [5.74, 6) is 0.734. The van der Waals surface area contributed by atoms with E-state index in [1.54, 1.807) is 6.20 Å². The first-order chi connectivity index (χ1) is 9.25. The largest absolute Gasteiger partial charge is 0.379 e. The zero-order chi connectivity index (χ0) is 13.2. The Morgan fingerprint density at radius 3 is 2.95 bits per heavy atom. The lowest BCUT2D eigenvalue weighted by atomic mass is 9.93. The molecule has 1 saturated heterocycles. The molecule has 104 valence electrons. The van der Waals surface area contributed by atoms with E-state index in [1.165, 1.54) is 44.2 Å². The van der Waals surface area contributed by atoms with Crippen molar-refractivity contribution in [3.05, 3.63) is 23.0 Å². The molecule has 0 amide bonds. The van der Waals surface area contributed by atoms with Crippen molar-refractivity contribution in [1.29, 1.82) is 0 Å². The number of aryl methyl sites for hydroxylation is 1. The van der Waals surface area contributed by atoms with Crippen LogP contribution in [0.2, 0.25) is 5.15 Å². The summed E-state index contributed by atoms with van der Waals surface area (Å²) in [4.78, 5) is 4.19. The molecular formula is C15H22ClN3. The van der Waals surface area contributed by atoms with E-state index >= 15 is 0 Å². The van der Waals surface area contributed by atoms with Crippen LogP contribution in [0.15, 0.2) is 12.3 Å². The van der Waals surface area contributed by atoms with Crippen LogP contribution in [0.25, 0.3) is 0 Å². The van der Waals surface area contributed by atoms with Crippen LogP contribution in [0.4, 0.5) is 5.69 Å². The normalized spacial score (nSPS) is 30.7. The van der Waals surface area contributed by atoms with Crippen molar-refractivity contribution in [2.45, 2.75) is 51.1 Å². The molecule has 1 saturated carbocycles. The number of halogens is 1. The molecule has 4 heteroatoms. The SMILES string of the molecule is Cc1ccnc(Cl)c1NC1CCCC1C1CCCN1. The number of nitrogens with zero attached hydrogens (tertiary/aromatic N) is 1. The molecule has 1 aliphatic heterocycles. The van der Waals surface area contributed by atoms with Crippen LogP contribution in [0.3, 0.4) is 0 Å². The Balaban J connectivity index is 1.74. The maximum atomic E-state index is 6.23. The third-order valence-corrected chi connectivity index (χ3v) is 4.91. The van der Waals surface area contributed by atoms with Gasteiger partial charge in [-0.15, -0.1) is 0 Å². The first kappa shape index (κ1) is 13.2. The Kier molecular flexibility index (Phi) is 3.94. The van der Waals surface area contributed by atoms with Gasteiger partial charge in [0.25, 0.3) is 0 Å². The molecule has 2 fully saturated rings. The van der Waals surface area contributed by atoms with Crippen LogP contribution in [0, 0.1) is 12.8 Å². The highest BCUT2D eigenvalue weighted by atomic mass is 35.5. The van der Waals surface area contributed by atoms with Crippen LogP contribution in [-0.4, -0.2) is 23.6 Å².